The highest BCUT2D eigenvalue weighted by Crippen LogP contribution is 2.31. The fourth-order valence-electron chi connectivity index (χ4n) is 2.81. The minimum absolute atomic E-state index is 0.0961. The van der Waals surface area contributed by atoms with Crippen LogP contribution in [0.1, 0.15) is 36.5 Å². The lowest BCUT2D eigenvalue weighted by atomic mass is 10.0. The summed E-state index contributed by atoms with van der Waals surface area (Å²) in [5, 5.41) is 2.90. The predicted octanol–water partition coefficient (Wildman–Crippen LogP) is 4.86. The monoisotopic (exact) mass is 368 g/mol. The van der Waals surface area contributed by atoms with Gasteiger partial charge >= 0.3 is 0 Å². The highest BCUT2D eigenvalue weighted by Gasteiger charge is 2.39. The highest BCUT2D eigenvalue weighted by atomic mass is 35.5. The van der Waals surface area contributed by atoms with Crippen molar-refractivity contribution >= 4 is 34.8 Å². The average molecular weight is 369 g/mol. The van der Waals surface area contributed by atoms with Gasteiger partial charge in [0, 0.05) is 5.69 Å². The molecule has 1 aliphatic heterocycles. The minimum Gasteiger partial charge on any atom is -0.350 e. The number of nitrogens with zero attached hydrogens (tertiary/aromatic N) is 1. The SMILES string of the molecule is Cc1ccc(N2C(=O)C(Cl)=C(Nc3ccc(C(C)C)cc3)C2=O)cc1C. The van der Waals surface area contributed by atoms with Crippen LogP contribution in [0.5, 0.6) is 0 Å². The van der Waals surface area contributed by atoms with Crippen LogP contribution in [0.25, 0.3) is 0 Å². The van der Waals surface area contributed by atoms with Crippen LogP contribution in [0, 0.1) is 13.8 Å². The minimum atomic E-state index is -0.513. The van der Waals surface area contributed by atoms with Crippen LogP contribution in [0.3, 0.4) is 0 Å². The molecule has 0 aromatic heterocycles. The maximum absolute atomic E-state index is 12.8. The molecule has 0 radical (unpaired) electrons. The number of hydrogen-bond acceptors (Lipinski definition) is 3. The number of carbonyl (C=O) groups is 2. The maximum Gasteiger partial charge on any atom is 0.283 e. The van der Waals surface area contributed by atoms with Crippen LogP contribution >= 0.6 is 11.6 Å². The number of hydrogen-bond donors (Lipinski definition) is 1. The smallest absolute Gasteiger partial charge is 0.283 e. The predicted molar refractivity (Wildman–Crippen MR) is 105 cm³/mol. The fourth-order valence-corrected chi connectivity index (χ4v) is 3.02. The third-order valence-corrected chi connectivity index (χ3v) is 4.97. The zero-order chi connectivity index (χ0) is 19.0. The molecule has 2 aromatic rings. The molecule has 0 saturated heterocycles. The number of halogens is 1. The Morgan fingerprint density at radius 2 is 1.58 bits per heavy atom. The van der Waals surface area contributed by atoms with Gasteiger partial charge < -0.3 is 5.32 Å². The second kappa shape index (κ2) is 6.96. The maximum atomic E-state index is 12.8. The topological polar surface area (TPSA) is 49.4 Å². The largest absolute Gasteiger partial charge is 0.350 e. The van der Waals surface area contributed by atoms with E-state index < -0.39 is 11.8 Å². The van der Waals surface area contributed by atoms with Crippen LogP contribution in [-0.2, 0) is 9.59 Å². The molecular formula is C21H21ClN2O2. The molecule has 1 heterocycles. The van der Waals surface area contributed by atoms with Crippen molar-refractivity contribution in [3.8, 4) is 0 Å². The summed E-state index contributed by atoms with van der Waals surface area (Å²) >= 11 is 6.18. The third kappa shape index (κ3) is 3.25. The molecule has 134 valence electrons. The Balaban J connectivity index is 1.87. The summed E-state index contributed by atoms with van der Waals surface area (Å²) in [6, 6.07) is 13.2. The number of carbonyl (C=O) groups excluding carboxylic acids is 2. The zero-order valence-electron chi connectivity index (χ0n) is 15.3. The van der Waals surface area contributed by atoms with Crippen LogP contribution in [0.2, 0.25) is 0 Å². The van der Waals surface area contributed by atoms with E-state index >= 15 is 0 Å². The summed E-state index contributed by atoms with van der Waals surface area (Å²) < 4.78 is 0. The van der Waals surface area contributed by atoms with Gasteiger partial charge in [-0.1, -0.05) is 43.6 Å². The molecule has 0 aliphatic carbocycles. The van der Waals surface area contributed by atoms with Crippen LogP contribution in [0.15, 0.2) is 53.2 Å². The second-order valence-corrected chi connectivity index (χ2v) is 7.18. The lowest BCUT2D eigenvalue weighted by Crippen LogP contribution is -2.32. The van der Waals surface area contributed by atoms with E-state index in [2.05, 4.69) is 19.2 Å². The van der Waals surface area contributed by atoms with Gasteiger partial charge in [0.1, 0.15) is 10.7 Å². The lowest BCUT2D eigenvalue weighted by molar-refractivity contribution is -0.120. The Hall–Kier alpha value is -2.59. The van der Waals surface area contributed by atoms with E-state index in [0.29, 0.717) is 17.3 Å². The number of rotatable bonds is 4. The van der Waals surface area contributed by atoms with E-state index in [-0.39, 0.29) is 10.7 Å². The van der Waals surface area contributed by atoms with Crippen molar-refractivity contribution < 1.29 is 9.59 Å². The van der Waals surface area contributed by atoms with Gasteiger partial charge in [0.15, 0.2) is 0 Å². The average Bonchev–Trinajstić information content (AvgIpc) is 2.81. The quantitative estimate of drug-likeness (QED) is 0.784. The number of benzene rings is 2. The molecule has 4 nitrogen and oxygen atoms in total. The molecular weight excluding hydrogens is 348 g/mol. The van der Waals surface area contributed by atoms with Gasteiger partial charge in [-0.25, -0.2) is 4.90 Å². The van der Waals surface area contributed by atoms with Gasteiger partial charge in [-0.15, -0.1) is 0 Å². The number of amides is 2. The Kier molecular flexibility index (Phi) is 4.88. The summed E-state index contributed by atoms with van der Waals surface area (Å²) in [7, 11) is 0. The summed E-state index contributed by atoms with van der Waals surface area (Å²) in [5.74, 6) is -0.542. The van der Waals surface area contributed by atoms with E-state index in [1.54, 1.807) is 6.07 Å². The van der Waals surface area contributed by atoms with Crippen molar-refractivity contribution in [2.75, 3.05) is 10.2 Å². The Labute approximate surface area is 158 Å². The molecule has 1 aliphatic rings. The molecule has 0 bridgehead atoms. The Bertz CT molecular complexity index is 914. The first-order chi connectivity index (χ1) is 12.3. The zero-order valence-corrected chi connectivity index (χ0v) is 16.0. The standard InChI is InChI=1S/C21H21ClN2O2/c1-12(2)15-6-8-16(9-7-15)23-19-18(22)20(25)24(21(19)26)17-10-5-13(3)14(4)11-17/h5-12,23H,1-4H3. The van der Waals surface area contributed by atoms with Crippen molar-refractivity contribution in [1.82, 2.24) is 0 Å². The first-order valence-corrected chi connectivity index (χ1v) is 8.90. The molecule has 2 aromatic carbocycles. The molecule has 26 heavy (non-hydrogen) atoms. The van der Waals surface area contributed by atoms with E-state index in [1.165, 1.54) is 5.56 Å². The van der Waals surface area contributed by atoms with Crippen molar-refractivity contribution in [3.05, 3.63) is 69.9 Å². The van der Waals surface area contributed by atoms with E-state index in [1.807, 2.05) is 50.2 Å². The fraction of sp³-hybridized carbons (Fsp3) is 0.238. The highest BCUT2D eigenvalue weighted by molar-refractivity contribution is 6.53. The number of nitrogens with one attached hydrogen (secondary N) is 1. The van der Waals surface area contributed by atoms with Gasteiger partial charge in [-0.2, -0.15) is 0 Å². The summed E-state index contributed by atoms with van der Waals surface area (Å²) in [6.45, 7) is 8.14. The Morgan fingerprint density at radius 3 is 2.15 bits per heavy atom. The Morgan fingerprint density at radius 1 is 0.923 bits per heavy atom. The first-order valence-electron chi connectivity index (χ1n) is 8.52. The van der Waals surface area contributed by atoms with E-state index in [9.17, 15) is 9.59 Å². The van der Waals surface area contributed by atoms with E-state index in [0.717, 1.165) is 16.0 Å². The normalized spacial score (nSPS) is 14.6. The van der Waals surface area contributed by atoms with Crippen LogP contribution < -0.4 is 10.2 Å². The third-order valence-electron chi connectivity index (χ3n) is 4.62. The lowest BCUT2D eigenvalue weighted by Gasteiger charge is -2.16. The number of imide groups is 1. The summed E-state index contributed by atoms with van der Waals surface area (Å²) in [5.41, 5.74) is 4.63. The van der Waals surface area contributed by atoms with Gasteiger partial charge in [0.2, 0.25) is 0 Å². The molecule has 1 N–H and O–H groups in total. The molecule has 0 saturated carbocycles. The first kappa shape index (κ1) is 18.2. The van der Waals surface area contributed by atoms with E-state index in [4.69, 9.17) is 11.6 Å². The van der Waals surface area contributed by atoms with Crippen molar-refractivity contribution in [3.63, 3.8) is 0 Å². The molecule has 0 spiro atoms. The molecule has 3 rings (SSSR count). The summed E-state index contributed by atoms with van der Waals surface area (Å²) in [6.07, 6.45) is 0. The van der Waals surface area contributed by atoms with Crippen LogP contribution in [0.4, 0.5) is 11.4 Å². The molecule has 0 unspecified atom stereocenters. The molecule has 2 amide bonds. The summed E-state index contributed by atoms with van der Waals surface area (Å²) in [4.78, 5) is 26.4. The molecule has 5 heteroatoms. The van der Waals surface area contributed by atoms with Gasteiger partial charge in [0.25, 0.3) is 11.8 Å². The van der Waals surface area contributed by atoms with Crippen molar-refractivity contribution in [1.29, 1.82) is 0 Å². The van der Waals surface area contributed by atoms with Gasteiger partial charge in [0.05, 0.1) is 5.69 Å². The van der Waals surface area contributed by atoms with Crippen molar-refractivity contribution in [2.24, 2.45) is 0 Å². The second-order valence-electron chi connectivity index (χ2n) is 6.80. The van der Waals surface area contributed by atoms with Crippen LogP contribution in [-0.4, -0.2) is 11.8 Å². The van der Waals surface area contributed by atoms with Gasteiger partial charge in [-0.3, -0.25) is 9.59 Å². The molecule has 0 atom stereocenters. The van der Waals surface area contributed by atoms with Crippen molar-refractivity contribution in [2.45, 2.75) is 33.6 Å². The van der Waals surface area contributed by atoms with Gasteiger partial charge in [-0.05, 0) is 60.7 Å². The molecule has 0 fully saturated rings. The number of aryl methyl sites for hydroxylation is 2. The number of anilines is 2.